The van der Waals surface area contributed by atoms with E-state index in [1.54, 1.807) is 0 Å². The molecule has 0 heterocycles. The zero-order valence-electron chi connectivity index (χ0n) is 62.0. The molecule has 0 aliphatic carbocycles. The number of hydrogen-bond donors (Lipinski definition) is 3. The molecule has 0 aliphatic heterocycles. The van der Waals surface area contributed by atoms with Crippen molar-refractivity contribution < 1.29 is 80.2 Å². The molecule has 2 unspecified atom stereocenters. The molecule has 0 aromatic carbocycles. The van der Waals surface area contributed by atoms with E-state index in [1.807, 2.05) is 0 Å². The van der Waals surface area contributed by atoms with E-state index < -0.39 is 97.5 Å². The molecule has 0 rings (SSSR count). The fourth-order valence-corrected chi connectivity index (χ4v) is 13.2. The minimum Gasteiger partial charge on any atom is -0.462 e. The first-order valence-corrected chi connectivity index (χ1v) is 42.5. The van der Waals surface area contributed by atoms with E-state index in [4.69, 9.17) is 37.0 Å². The molecule has 0 spiro atoms. The number of phosphoric ester groups is 2. The van der Waals surface area contributed by atoms with Gasteiger partial charge in [0, 0.05) is 25.7 Å². The number of unbranched alkanes of at least 4 members (excludes halogenated alkanes) is 45. The van der Waals surface area contributed by atoms with Crippen molar-refractivity contribution in [3.05, 3.63) is 0 Å². The van der Waals surface area contributed by atoms with Crippen LogP contribution in [0.4, 0.5) is 0 Å². The number of phosphoric acid groups is 2. The number of carbonyl (C=O) groups excluding carboxylic acids is 4. The molecule has 0 saturated carbocycles. The summed E-state index contributed by atoms with van der Waals surface area (Å²) in [6, 6.07) is 0. The van der Waals surface area contributed by atoms with E-state index in [0.717, 1.165) is 102 Å². The highest BCUT2D eigenvalue weighted by Gasteiger charge is 2.30. The Morgan fingerprint density at radius 1 is 0.284 bits per heavy atom. The lowest BCUT2D eigenvalue weighted by molar-refractivity contribution is -0.161. The van der Waals surface area contributed by atoms with Crippen LogP contribution in [-0.2, 0) is 65.4 Å². The molecular weight excluding hydrogens is 1250 g/mol. The lowest BCUT2D eigenvalue weighted by atomic mass is 10.0. The van der Waals surface area contributed by atoms with Crippen LogP contribution in [0.3, 0.4) is 0 Å². The summed E-state index contributed by atoms with van der Waals surface area (Å²) in [5, 5.41) is 10.6. The van der Waals surface area contributed by atoms with Gasteiger partial charge in [0.1, 0.15) is 19.3 Å². The average molecular weight is 1400 g/mol. The maximum Gasteiger partial charge on any atom is 0.472 e. The molecule has 0 bridgehead atoms. The van der Waals surface area contributed by atoms with Gasteiger partial charge in [-0.05, 0) is 37.5 Å². The van der Waals surface area contributed by atoms with Gasteiger partial charge in [-0.25, -0.2) is 9.13 Å². The number of aliphatic hydroxyl groups excluding tert-OH is 1. The van der Waals surface area contributed by atoms with Crippen LogP contribution < -0.4 is 0 Å². The highest BCUT2D eigenvalue weighted by Crippen LogP contribution is 2.45. The van der Waals surface area contributed by atoms with Crippen molar-refractivity contribution in [2.75, 3.05) is 39.6 Å². The quantitative estimate of drug-likeness (QED) is 0.0222. The maximum atomic E-state index is 13.1. The Hall–Kier alpha value is -1.94. The number of hydrogen-bond acceptors (Lipinski definition) is 15. The summed E-state index contributed by atoms with van der Waals surface area (Å²) in [6.07, 6.45) is 55.6. The first-order chi connectivity index (χ1) is 45.9. The van der Waals surface area contributed by atoms with E-state index >= 15 is 0 Å². The SMILES string of the molecule is CCCCCCCCCCCCCCCCCCCCCCC(=O)O[C@H](COC(=O)CCCCCCCCCCCCCCC)COP(=O)(O)OC[C@@H](O)COP(=O)(O)OC[C@@H](COC(=O)CCCCCCCCCCC(C)C)OC(=O)CCCCCCCCCCC(C)C. The summed E-state index contributed by atoms with van der Waals surface area (Å²) >= 11 is 0. The summed E-state index contributed by atoms with van der Waals surface area (Å²) in [6.45, 7) is 9.52. The Morgan fingerprint density at radius 2 is 0.484 bits per heavy atom. The van der Waals surface area contributed by atoms with Crippen LogP contribution in [0.25, 0.3) is 0 Å². The number of rotatable bonds is 75. The topological polar surface area (TPSA) is 237 Å². The van der Waals surface area contributed by atoms with Crippen LogP contribution in [0.2, 0.25) is 0 Å². The van der Waals surface area contributed by atoms with Crippen LogP contribution in [0, 0.1) is 11.8 Å². The Morgan fingerprint density at radius 3 is 0.716 bits per heavy atom. The second kappa shape index (κ2) is 67.9. The van der Waals surface area contributed by atoms with Crippen molar-refractivity contribution in [3.63, 3.8) is 0 Å². The zero-order chi connectivity index (χ0) is 70.0. The zero-order valence-corrected chi connectivity index (χ0v) is 63.8. The highest BCUT2D eigenvalue weighted by atomic mass is 31.2. The fourth-order valence-electron chi connectivity index (χ4n) is 11.7. The van der Waals surface area contributed by atoms with Gasteiger partial charge in [-0.15, -0.1) is 0 Å². The third-order valence-electron chi connectivity index (χ3n) is 17.7. The number of carbonyl (C=O) groups is 4. The summed E-state index contributed by atoms with van der Waals surface area (Å²) in [5.41, 5.74) is 0. The molecule has 95 heavy (non-hydrogen) atoms. The normalized spacial score (nSPS) is 14.0. The molecule has 0 saturated heterocycles. The molecule has 5 atom stereocenters. The molecular formula is C76H148O17P2. The molecule has 17 nitrogen and oxygen atoms in total. The van der Waals surface area contributed by atoms with E-state index in [1.165, 1.54) is 212 Å². The fraction of sp³-hybridized carbons (Fsp3) is 0.947. The van der Waals surface area contributed by atoms with Crippen LogP contribution in [0.15, 0.2) is 0 Å². The van der Waals surface area contributed by atoms with Crippen molar-refractivity contribution in [3.8, 4) is 0 Å². The Balaban J connectivity index is 5.21. The number of ether oxygens (including phenoxy) is 4. The third kappa shape index (κ3) is 70.3. The monoisotopic (exact) mass is 1400 g/mol. The standard InChI is InChI=1S/C76H148O17P2/c1-7-9-11-13-15-17-19-21-22-23-24-25-26-27-29-31-33-42-48-54-60-75(80)92-71(64-86-73(78)58-52-46-40-32-30-28-20-18-16-14-12-10-8-2)66-90-94(82,83)88-62-70(77)63-89-95(84,85)91-67-72(93-76(81)61-55-49-43-37-35-39-45-51-57-69(5)6)65-87-74(79)59-53-47-41-36-34-38-44-50-56-68(3)4/h68-72,77H,7-67H2,1-6H3,(H,82,83)(H,84,85)/t70-,71-,72-/m1/s1. The van der Waals surface area contributed by atoms with E-state index in [2.05, 4.69) is 41.5 Å². The summed E-state index contributed by atoms with van der Waals surface area (Å²) in [5.74, 6) is -0.673. The van der Waals surface area contributed by atoms with E-state index in [9.17, 15) is 43.2 Å². The molecule has 0 aromatic rings. The van der Waals surface area contributed by atoms with Gasteiger partial charge >= 0.3 is 39.5 Å². The summed E-state index contributed by atoms with van der Waals surface area (Å²) < 4.78 is 68.5. The van der Waals surface area contributed by atoms with Gasteiger partial charge in [0.2, 0.25) is 0 Å². The molecule has 0 fully saturated rings. The van der Waals surface area contributed by atoms with Gasteiger partial charge in [0.05, 0.1) is 26.4 Å². The van der Waals surface area contributed by atoms with Gasteiger partial charge in [0.15, 0.2) is 12.2 Å². The van der Waals surface area contributed by atoms with Crippen molar-refractivity contribution >= 4 is 39.5 Å². The Labute approximate surface area is 581 Å². The summed E-state index contributed by atoms with van der Waals surface area (Å²) in [4.78, 5) is 72.8. The van der Waals surface area contributed by atoms with Crippen molar-refractivity contribution in [1.29, 1.82) is 0 Å². The second-order valence-electron chi connectivity index (χ2n) is 28.3. The lowest BCUT2D eigenvalue weighted by Crippen LogP contribution is -2.30. The molecule has 3 N–H and O–H groups in total. The average Bonchev–Trinajstić information content (AvgIpc) is 1.83. The summed E-state index contributed by atoms with van der Waals surface area (Å²) in [7, 11) is -9.91. The largest absolute Gasteiger partial charge is 0.472 e. The van der Waals surface area contributed by atoms with Crippen molar-refractivity contribution in [1.82, 2.24) is 0 Å². The minimum absolute atomic E-state index is 0.104. The van der Waals surface area contributed by atoms with E-state index in [0.29, 0.717) is 25.7 Å². The van der Waals surface area contributed by atoms with Gasteiger partial charge in [-0.1, -0.05) is 343 Å². The predicted octanol–water partition coefficient (Wildman–Crippen LogP) is 22.3. The molecule has 0 amide bonds. The first kappa shape index (κ1) is 93.1. The van der Waals surface area contributed by atoms with Crippen LogP contribution >= 0.6 is 15.6 Å². The van der Waals surface area contributed by atoms with Crippen LogP contribution in [0.1, 0.15) is 395 Å². The van der Waals surface area contributed by atoms with Gasteiger partial charge in [-0.2, -0.15) is 0 Å². The molecule has 0 radical (unpaired) electrons. The number of aliphatic hydroxyl groups is 1. The van der Waals surface area contributed by atoms with Gasteiger partial charge in [-0.3, -0.25) is 37.3 Å². The Bertz CT molecular complexity index is 1840. The van der Waals surface area contributed by atoms with Crippen LogP contribution in [0.5, 0.6) is 0 Å². The first-order valence-electron chi connectivity index (χ1n) is 39.5. The van der Waals surface area contributed by atoms with Crippen LogP contribution in [-0.4, -0.2) is 96.7 Å². The third-order valence-corrected chi connectivity index (χ3v) is 19.6. The second-order valence-corrected chi connectivity index (χ2v) is 31.3. The van der Waals surface area contributed by atoms with Gasteiger partial charge in [0.25, 0.3) is 0 Å². The van der Waals surface area contributed by atoms with Crippen molar-refractivity contribution in [2.45, 2.75) is 413 Å². The maximum absolute atomic E-state index is 13.1. The molecule has 19 heteroatoms. The lowest BCUT2D eigenvalue weighted by Gasteiger charge is -2.21. The highest BCUT2D eigenvalue weighted by molar-refractivity contribution is 7.47. The minimum atomic E-state index is -4.96. The predicted molar refractivity (Wildman–Crippen MR) is 386 cm³/mol. The van der Waals surface area contributed by atoms with Crippen molar-refractivity contribution in [2.24, 2.45) is 11.8 Å². The van der Waals surface area contributed by atoms with E-state index in [-0.39, 0.29) is 25.7 Å². The number of esters is 4. The smallest absolute Gasteiger partial charge is 0.462 e. The Kier molecular flexibility index (Phi) is 66.5. The molecule has 0 aromatic heterocycles. The van der Waals surface area contributed by atoms with Gasteiger partial charge < -0.3 is 33.8 Å². The molecule has 0 aliphatic rings. The molecule has 564 valence electrons.